The van der Waals surface area contributed by atoms with Crippen LogP contribution in [0, 0.1) is 5.92 Å². The molecule has 0 bridgehead atoms. The maximum Gasteiger partial charge on any atom is 0.269 e. The molecule has 0 aliphatic heterocycles. The van der Waals surface area contributed by atoms with Crippen molar-refractivity contribution in [2.45, 2.75) is 26.7 Å². The maximum absolute atomic E-state index is 11.7. The van der Waals surface area contributed by atoms with Gasteiger partial charge < -0.3 is 0 Å². The highest BCUT2D eigenvalue weighted by molar-refractivity contribution is 6.30. The molecule has 1 aromatic carbocycles. The van der Waals surface area contributed by atoms with E-state index < -0.39 is 0 Å². The number of carbonyl (C=O) groups is 2. The highest BCUT2D eigenvalue weighted by Gasteiger charge is 2.08. The molecule has 5 heteroatoms. The summed E-state index contributed by atoms with van der Waals surface area (Å²) in [4.78, 5) is 23.1. The Morgan fingerprint density at radius 3 is 2.61 bits per heavy atom. The van der Waals surface area contributed by atoms with Gasteiger partial charge in [-0.2, -0.15) is 0 Å². The molecule has 0 fully saturated rings. The van der Waals surface area contributed by atoms with Gasteiger partial charge in [0.05, 0.1) is 0 Å². The van der Waals surface area contributed by atoms with E-state index in [4.69, 9.17) is 11.6 Å². The zero-order chi connectivity index (χ0) is 13.5. The molecule has 2 N–H and O–H groups in total. The van der Waals surface area contributed by atoms with Crippen LogP contribution in [-0.4, -0.2) is 11.8 Å². The average Bonchev–Trinajstić information content (AvgIpc) is 2.33. The summed E-state index contributed by atoms with van der Waals surface area (Å²) in [6.45, 7) is 4.08. The van der Waals surface area contributed by atoms with E-state index in [-0.39, 0.29) is 11.8 Å². The first kappa shape index (κ1) is 14.5. The lowest BCUT2D eigenvalue weighted by Crippen LogP contribution is -2.41. The van der Waals surface area contributed by atoms with Crippen molar-refractivity contribution in [1.82, 2.24) is 10.9 Å². The first-order chi connectivity index (χ1) is 8.49. The molecule has 0 atom stereocenters. The second kappa shape index (κ2) is 7.01. The largest absolute Gasteiger partial charge is 0.273 e. The zero-order valence-corrected chi connectivity index (χ0v) is 11.3. The van der Waals surface area contributed by atoms with Gasteiger partial charge in [0.15, 0.2) is 0 Å². The molecule has 0 heterocycles. The second-order valence-electron chi connectivity index (χ2n) is 4.45. The monoisotopic (exact) mass is 268 g/mol. The van der Waals surface area contributed by atoms with E-state index in [1.807, 2.05) is 13.8 Å². The Morgan fingerprint density at radius 2 is 2.00 bits per heavy atom. The molecule has 0 spiro atoms. The van der Waals surface area contributed by atoms with Crippen molar-refractivity contribution < 1.29 is 9.59 Å². The van der Waals surface area contributed by atoms with E-state index in [0.717, 1.165) is 6.42 Å². The fraction of sp³-hybridized carbons (Fsp3) is 0.385. The molecule has 0 aromatic heterocycles. The number of hydrazine groups is 1. The first-order valence-electron chi connectivity index (χ1n) is 5.84. The maximum atomic E-state index is 11.7. The number of halogens is 1. The fourth-order valence-electron chi connectivity index (χ4n) is 1.31. The van der Waals surface area contributed by atoms with Crippen molar-refractivity contribution in [2.24, 2.45) is 5.92 Å². The number of hydrogen-bond donors (Lipinski definition) is 2. The van der Waals surface area contributed by atoms with Crippen LogP contribution in [0.15, 0.2) is 24.3 Å². The van der Waals surface area contributed by atoms with Crippen LogP contribution < -0.4 is 10.9 Å². The first-order valence-corrected chi connectivity index (χ1v) is 6.21. The Balaban J connectivity index is 2.39. The summed E-state index contributed by atoms with van der Waals surface area (Å²) in [7, 11) is 0. The highest BCUT2D eigenvalue weighted by Crippen LogP contribution is 2.10. The molecular weight excluding hydrogens is 252 g/mol. The van der Waals surface area contributed by atoms with E-state index in [0.29, 0.717) is 22.9 Å². The fourth-order valence-corrected chi connectivity index (χ4v) is 1.50. The Kier molecular flexibility index (Phi) is 5.65. The minimum Gasteiger partial charge on any atom is -0.273 e. The van der Waals surface area contributed by atoms with Crippen LogP contribution in [0.2, 0.25) is 5.02 Å². The molecule has 98 valence electrons. The molecule has 2 amide bonds. The normalized spacial score (nSPS) is 10.2. The molecule has 0 radical (unpaired) electrons. The van der Waals surface area contributed by atoms with Gasteiger partial charge in [-0.05, 0) is 30.5 Å². The zero-order valence-electron chi connectivity index (χ0n) is 10.5. The number of carbonyl (C=O) groups excluding carboxylic acids is 2. The topological polar surface area (TPSA) is 58.2 Å². The Bertz CT molecular complexity index is 433. The van der Waals surface area contributed by atoms with Gasteiger partial charge in [-0.1, -0.05) is 31.5 Å². The molecule has 0 saturated heterocycles. The summed E-state index contributed by atoms with van der Waals surface area (Å²) in [6, 6.07) is 6.52. The van der Waals surface area contributed by atoms with E-state index >= 15 is 0 Å². The standard InChI is InChI=1S/C13H17ClN2O2/c1-9(2)6-7-12(17)15-16-13(18)10-4-3-5-11(14)8-10/h3-5,8-9H,6-7H2,1-2H3,(H,15,17)(H,16,18). The van der Waals surface area contributed by atoms with Crippen molar-refractivity contribution in [2.75, 3.05) is 0 Å². The van der Waals surface area contributed by atoms with Crippen molar-refractivity contribution in [1.29, 1.82) is 0 Å². The van der Waals surface area contributed by atoms with Gasteiger partial charge >= 0.3 is 0 Å². The van der Waals surface area contributed by atoms with Crippen LogP contribution in [0.3, 0.4) is 0 Å². The van der Waals surface area contributed by atoms with Crippen LogP contribution in [0.1, 0.15) is 37.0 Å². The molecule has 4 nitrogen and oxygen atoms in total. The van der Waals surface area contributed by atoms with E-state index in [2.05, 4.69) is 10.9 Å². The Morgan fingerprint density at radius 1 is 1.28 bits per heavy atom. The van der Waals surface area contributed by atoms with Crippen LogP contribution >= 0.6 is 11.6 Å². The van der Waals surface area contributed by atoms with Gasteiger partial charge in [0.1, 0.15) is 0 Å². The molecule has 0 saturated carbocycles. The van der Waals surface area contributed by atoms with Crippen LogP contribution in [0.4, 0.5) is 0 Å². The molecule has 1 rings (SSSR count). The molecule has 0 aliphatic carbocycles. The average molecular weight is 269 g/mol. The van der Waals surface area contributed by atoms with Gasteiger partial charge in [0, 0.05) is 17.0 Å². The molecule has 1 aromatic rings. The van der Waals surface area contributed by atoms with E-state index in [1.54, 1.807) is 18.2 Å². The quantitative estimate of drug-likeness (QED) is 0.825. The summed E-state index contributed by atoms with van der Waals surface area (Å²) < 4.78 is 0. The molecule has 18 heavy (non-hydrogen) atoms. The van der Waals surface area contributed by atoms with Gasteiger partial charge in [-0.15, -0.1) is 0 Å². The summed E-state index contributed by atoms with van der Waals surface area (Å²) in [6.07, 6.45) is 1.19. The predicted molar refractivity (Wildman–Crippen MR) is 71.1 cm³/mol. The van der Waals surface area contributed by atoms with Crippen molar-refractivity contribution >= 4 is 23.4 Å². The van der Waals surface area contributed by atoms with E-state index in [9.17, 15) is 9.59 Å². The summed E-state index contributed by atoms with van der Waals surface area (Å²) in [5.74, 6) is -0.117. The lowest BCUT2D eigenvalue weighted by atomic mass is 10.1. The molecule has 0 aliphatic rings. The number of hydrogen-bond acceptors (Lipinski definition) is 2. The van der Waals surface area contributed by atoms with Crippen LogP contribution in [-0.2, 0) is 4.79 Å². The number of nitrogens with one attached hydrogen (secondary N) is 2. The van der Waals surface area contributed by atoms with E-state index in [1.165, 1.54) is 6.07 Å². The van der Waals surface area contributed by atoms with Crippen LogP contribution in [0.5, 0.6) is 0 Å². The van der Waals surface area contributed by atoms with Crippen molar-refractivity contribution in [3.63, 3.8) is 0 Å². The smallest absolute Gasteiger partial charge is 0.269 e. The summed E-state index contributed by atoms with van der Waals surface area (Å²) in [5, 5.41) is 0.480. The summed E-state index contributed by atoms with van der Waals surface area (Å²) >= 11 is 5.77. The highest BCUT2D eigenvalue weighted by atomic mass is 35.5. The van der Waals surface area contributed by atoms with Gasteiger partial charge in [0.2, 0.25) is 5.91 Å². The molecule has 0 unspecified atom stereocenters. The summed E-state index contributed by atoms with van der Waals surface area (Å²) in [5.41, 5.74) is 5.14. The molecular formula is C13H17ClN2O2. The number of amides is 2. The van der Waals surface area contributed by atoms with Crippen molar-refractivity contribution in [3.8, 4) is 0 Å². The lowest BCUT2D eigenvalue weighted by molar-refractivity contribution is -0.122. The minimum atomic E-state index is -0.379. The minimum absolute atomic E-state index is 0.195. The number of rotatable bonds is 4. The Labute approximate surface area is 112 Å². The third-order valence-corrected chi connectivity index (χ3v) is 2.59. The van der Waals surface area contributed by atoms with Gasteiger partial charge in [-0.25, -0.2) is 0 Å². The Hall–Kier alpha value is -1.55. The third kappa shape index (κ3) is 5.19. The SMILES string of the molecule is CC(C)CCC(=O)NNC(=O)c1cccc(Cl)c1. The predicted octanol–water partition coefficient (Wildman–Crippen LogP) is 2.54. The van der Waals surface area contributed by atoms with Gasteiger partial charge in [0.25, 0.3) is 5.91 Å². The van der Waals surface area contributed by atoms with Gasteiger partial charge in [-0.3, -0.25) is 20.4 Å². The third-order valence-electron chi connectivity index (χ3n) is 2.35. The second-order valence-corrected chi connectivity index (χ2v) is 4.88. The number of benzene rings is 1. The van der Waals surface area contributed by atoms with Crippen LogP contribution in [0.25, 0.3) is 0 Å². The van der Waals surface area contributed by atoms with Crippen molar-refractivity contribution in [3.05, 3.63) is 34.9 Å². The lowest BCUT2D eigenvalue weighted by Gasteiger charge is -2.08.